The van der Waals surface area contributed by atoms with E-state index in [9.17, 15) is 9.59 Å². The molecular formula is C22H25BrN2O3. The van der Waals surface area contributed by atoms with Gasteiger partial charge in [0.25, 0.3) is 0 Å². The number of piperidine rings is 1. The lowest BCUT2D eigenvalue weighted by molar-refractivity contribution is -0.121. The van der Waals surface area contributed by atoms with Crippen LogP contribution in [0.5, 0.6) is 0 Å². The van der Waals surface area contributed by atoms with Crippen LogP contribution in [0, 0.1) is 12.8 Å². The number of methoxy groups -OCH3 is 1. The molecule has 1 N–H and O–H groups in total. The van der Waals surface area contributed by atoms with Crippen molar-refractivity contribution in [3.05, 3.63) is 63.6 Å². The fourth-order valence-electron chi connectivity index (χ4n) is 3.58. The van der Waals surface area contributed by atoms with E-state index in [1.54, 1.807) is 12.1 Å². The van der Waals surface area contributed by atoms with Gasteiger partial charge in [-0.25, -0.2) is 4.79 Å². The Balaban J connectivity index is 1.56. The number of likely N-dealkylation sites (tertiary alicyclic amines) is 1. The zero-order chi connectivity index (χ0) is 20.1. The Kier molecular flexibility index (Phi) is 6.86. The summed E-state index contributed by atoms with van der Waals surface area (Å²) in [5, 5.41) is 3.00. The van der Waals surface area contributed by atoms with E-state index in [2.05, 4.69) is 38.3 Å². The van der Waals surface area contributed by atoms with Crippen molar-refractivity contribution >= 4 is 33.5 Å². The maximum atomic E-state index is 12.7. The van der Waals surface area contributed by atoms with E-state index in [1.165, 1.54) is 12.7 Å². The minimum Gasteiger partial charge on any atom is -0.465 e. The van der Waals surface area contributed by atoms with E-state index >= 15 is 0 Å². The molecule has 1 heterocycles. The van der Waals surface area contributed by atoms with Gasteiger partial charge in [-0.3, -0.25) is 9.69 Å². The van der Waals surface area contributed by atoms with Crippen LogP contribution in [0.15, 0.2) is 46.9 Å². The Morgan fingerprint density at radius 1 is 1.18 bits per heavy atom. The van der Waals surface area contributed by atoms with E-state index in [-0.39, 0.29) is 11.8 Å². The fraction of sp³-hybridized carbons (Fsp3) is 0.364. The fourth-order valence-corrected chi connectivity index (χ4v) is 4.03. The van der Waals surface area contributed by atoms with Crippen molar-refractivity contribution in [1.29, 1.82) is 0 Å². The minimum atomic E-state index is -0.394. The number of esters is 1. The number of amides is 1. The highest BCUT2D eigenvalue weighted by molar-refractivity contribution is 9.10. The van der Waals surface area contributed by atoms with Gasteiger partial charge in [-0.1, -0.05) is 34.1 Å². The van der Waals surface area contributed by atoms with Gasteiger partial charge >= 0.3 is 5.97 Å². The van der Waals surface area contributed by atoms with E-state index < -0.39 is 5.97 Å². The Morgan fingerprint density at radius 3 is 2.57 bits per heavy atom. The van der Waals surface area contributed by atoms with E-state index in [0.29, 0.717) is 11.3 Å². The minimum absolute atomic E-state index is 0.0139. The van der Waals surface area contributed by atoms with Crippen LogP contribution in [0.25, 0.3) is 0 Å². The Labute approximate surface area is 174 Å². The SMILES string of the molecule is COC(=O)c1cccc(NC(=O)C2CCN(Cc3cccc(Br)c3)CC2)c1C. The lowest BCUT2D eigenvalue weighted by Crippen LogP contribution is -2.37. The largest absolute Gasteiger partial charge is 0.465 e. The van der Waals surface area contributed by atoms with Gasteiger partial charge < -0.3 is 10.1 Å². The van der Waals surface area contributed by atoms with Crippen LogP contribution in [0.1, 0.15) is 34.3 Å². The molecule has 28 heavy (non-hydrogen) atoms. The van der Waals surface area contributed by atoms with Crippen molar-refractivity contribution in [3.8, 4) is 0 Å². The van der Waals surface area contributed by atoms with Crippen molar-refractivity contribution in [2.24, 2.45) is 5.92 Å². The monoisotopic (exact) mass is 444 g/mol. The highest BCUT2D eigenvalue weighted by Gasteiger charge is 2.25. The highest BCUT2D eigenvalue weighted by Crippen LogP contribution is 2.24. The third-order valence-electron chi connectivity index (χ3n) is 5.25. The Hall–Kier alpha value is -2.18. The van der Waals surface area contributed by atoms with E-state index in [0.717, 1.165) is 42.5 Å². The standard InChI is InChI=1S/C22H25BrN2O3/c1-15-19(22(27)28-2)7-4-8-20(15)24-21(26)17-9-11-25(12-10-17)14-16-5-3-6-18(23)13-16/h3-8,13,17H,9-12,14H2,1-2H3,(H,24,26). The quantitative estimate of drug-likeness (QED) is 0.694. The zero-order valence-corrected chi connectivity index (χ0v) is 17.8. The summed E-state index contributed by atoms with van der Waals surface area (Å²) >= 11 is 3.51. The Bertz CT molecular complexity index is 861. The molecule has 0 saturated carbocycles. The summed E-state index contributed by atoms with van der Waals surface area (Å²) in [6, 6.07) is 13.6. The van der Waals surface area contributed by atoms with Gasteiger partial charge in [0, 0.05) is 22.6 Å². The van der Waals surface area contributed by atoms with Crippen LogP contribution in [-0.2, 0) is 16.1 Å². The molecule has 3 rings (SSSR count). The summed E-state index contributed by atoms with van der Waals surface area (Å²) in [5.41, 5.74) is 3.15. The van der Waals surface area contributed by atoms with Gasteiger partial charge in [-0.2, -0.15) is 0 Å². The summed E-state index contributed by atoms with van der Waals surface area (Å²) in [6.07, 6.45) is 1.66. The average molecular weight is 445 g/mol. The topological polar surface area (TPSA) is 58.6 Å². The Morgan fingerprint density at radius 2 is 1.89 bits per heavy atom. The molecule has 1 aliphatic rings. The van der Waals surface area contributed by atoms with Crippen molar-refractivity contribution in [2.75, 3.05) is 25.5 Å². The summed E-state index contributed by atoms with van der Waals surface area (Å²) < 4.78 is 5.89. The number of benzene rings is 2. The molecule has 6 heteroatoms. The van der Waals surface area contributed by atoms with Gasteiger partial charge in [0.05, 0.1) is 12.7 Å². The molecule has 2 aromatic rings. The van der Waals surface area contributed by atoms with Crippen LogP contribution in [-0.4, -0.2) is 37.0 Å². The summed E-state index contributed by atoms with van der Waals surface area (Å²) in [7, 11) is 1.36. The number of ether oxygens (including phenoxy) is 1. The third kappa shape index (κ3) is 5.00. The number of carbonyl (C=O) groups excluding carboxylic acids is 2. The molecule has 148 valence electrons. The van der Waals surface area contributed by atoms with Crippen LogP contribution < -0.4 is 5.32 Å². The normalized spacial score (nSPS) is 15.2. The molecule has 1 amide bonds. The molecule has 2 aromatic carbocycles. The molecule has 1 saturated heterocycles. The van der Waals surface area contributed by atoms with Gasteiger partial charge in [-0.05, 0) is 68.2 Å². The molecule has 0 aliphatic carbocycles. The second-order valence-corrected chi connectivity index (χ2v) is 8.05. The van der Waals surface area contributed by atoms with Crippen LogP contribution in [0.2, 0.25) is 0 Å². The number of nitrogens with one attached hydrogen (secondary N) is 1. The van der Waals surface area contributed by atoms with Crippen molar-refractivity contribution in [3.63, 3.8) is 0 Å². The smallest absolute Gasteiger partial charge is 0.338 e. The first-order valence-electron chi connectivity index (χ1n) is 9.43. The summed E-state index contributed by atoms with van der Waals surface area (Å²) in [5.74, 6) is -0.387. The average Bonchev–Trinajstić information content (AvgIpc) is 2.69. The van der Waals surface area contributed by atoms with E-state index in [1.807, 2.05) is 25.1 Å². The van der Waals surface area contributed by atoms with Crippen molar-refractivity contribution < 1.29 is 14.3 Å². The van der Waals surface area contributed by atoms with Crippen LogP contribution >= 0.6 is 15.9 Å². The van der Waals surface area contributed by atoms with Crippen molar-refractivity contribution in [1.82, 2.24) is 4.90 Å². The van der Waals surface area contributed by atoms with Gasteiger partial charge in [-0.15, -0.1) is 0 Å². The molecule has 1 aliphatic heterocycles. The molecule has 0 atom stereocenters. The number of carbonyl (C=O) groups is 2. The second-order valence-electron chi connectivity index (χ2n) is 7.14. The van der Waals surface area contributed by atoms with Gasteiger partial charge in [0.2, 0.25) is 5.91 Å². The maximum absolute atomic E-state index is 12.7. The molecule has 0 bridgehead atoms. The van der Waals surface area contributed by atoms with Gasteiger partial charge in [0.1, 0.15) is 0 Å². The number of rotatable bonds is 5. The number of hydrogen-bond acceptors (Lipinski definition) is 4. The van der Waals surface area contributed by atoms with Crippen LogP contribution in [0.3, 0.4) is 0 Å². The van der Waals surface area contributed by atoms with Gasteiger partial charge in [0.15, 0.2) is 0 Å². The van der Waals surface area contributed by atoms with Crippen molar-refractivity contribution in [2.45, 2.75) is 26.3 Å². The summed E-state index contributed by atoms with van der Waals surface area (Å²) in [4.78, 5) is 26.9. The first-order chi connectivity index (χ1) is 13.5. The predicted octanol–water partition coefficient (Wildman–Crippen LogP) is 4.39. The molecule has 0 unspecified atom stereocenters. The highest BCUT2D eigenvalue weighted by atomic mass is 79.9. The molecular weight excluding hydrogens is 420 g/mol. The molecule has 5 nitrogen and oxygen atoms in total. The van der Waals surface area contributed by atoms with Crippen LogP contribution in [0.4, 0.5) is 5.69 Å². The maximum Gasteiger partial charge on any atom is 0.338 e. The second kappa shape index (κ2) is 9.34. The first-order valence-corrected chi connectivity index (χ1v) is 10.2. The number of nitrogens with zero attached hydrogens (tertiary/aromatic N) is 1. The number of anilines is 1. The zero-order valence-electron chi connectivity index (χ0n) is 16.2. The number of halogens is 1. The molecule has 0 radical (unpaired) electrons. The third-order valence-corrected chi connectivity index (χ3v) is 5.74. The first kappa shape index (κ1) is 20.6. The van der Waals surface area contributed by atoms with E-state index in [4.69, 9.17) is 4.74 Å². The molecule has 0 aromatic heterocycles. The lowest BCUT2D eigenvalue weighted by atomic mass is 9.95. The summed E-state index contributed by atoms with van der Waals surface area (Å²) in [6.45, 7) is 4.51. The predicted molar refractivity (Wildman–Crippen MR) is 113 cm³/mol. The molecule has 0 spiro atoms. The lowest BCUT2D eigenvalue weighted by Gasteiger charge is -2.31. The number of hydrogen-bond donors (Lipinski definition) is 1. The molecule has 1 fully saturated rings.